The van der Waals surface area contributed by atoms with Gasteiger partial charge in [-0.1, -0.05) is 38.1 Å². The van der Waals surface area contributed by atoms with Crippen LogP contribution in [0, 0.1) is 6.92 Å². The van der Waals surface area contributed by atoms with E-state index in [9.17, 15) is 0 Å². The van der Waals surface area contributed by atoms with E-state index < -0.39 is 0 Å². The molecule has 0 saturated carbocycles. The molecule has 2 unspecified atom stereocenters. The van der Waals surface area contributed by atoms with Crippen molar-refractivity contribution in [1.29, 1.82) is 0 Å². The maximum atomic E-state index is 6.13. The number of hydrogen-bond acceptors (Lipinski definition) is 2. The number of rotatable bonds is 5. The van der Waals surface area contributed by atoms with E-state index in [4.69, 9.17) is 16.1 Å². The molecule has 0 saturated heterocycles. The van der Waals surface area contributed by atoms with Crippen molar-refractivity contribution in [2.24, 2.45) is 0 Å². The number of aromatic nitrogens is 1. The molecule has 0 radical (unpaired) electrons. The fourth-order valence-corrected chi connectivity index (χ4v) is 1.86. The third-order valence-electron chi connectivity index (χ3n) is 2.51. The maximum Gasteiger partial charge on any atom is 0.137 e. The Labute approximate surface area is 109 Å². The average molecular weight is 256 g/mol. The molecule has 0 N–H and O–H groups in total. The smallest absolute Gasteiger partial charge is 0.137 e. The van der Waals surface area contributed by atoms with Gasteiger partial charge in [0.25, 0.3) is 0 Å². The van der Waals surface area contributed by atoms with E-state index >= 15 is 0 Å². The molecule has 0 aliphatic rings. The summed E-state index contributed by atoms with van der Waals surface area (Å²) in [4.78, 5) is 0. The zero-order chi connectivity index (χ0) is 13.4. The van der Waals surface area contributed by atoms with Crippen molar-refractivity contribution in [1.82, 2.24) is 5.16 Å². The van der Waals surface area contributed by atoms with E-state index in [1.807, 2.05) is 20.8 Å². The number of hydrogen-bond donors (Lipinski definition) is 0. The Morgan fingerprint density at radius 2 is 1.94 bits per heavy atom. The first-order valence-corrected chi connectivity index (χ1v) is 6.43. The van der Waals surface area contributed by atoms with Crippen molar-refractivity contribution in [3.8, 4) is 0 Å². The van der Waals surface area contributed by atoms with Gasteiger partial charge in [0.2, 0.25) is 0 Å². The summed E-state index contributed by atoms with van der Waals surface area (Å²) in [5, 5.41) is 3.85. The molecule has 0 bridgehead atoms. The van der Waals surface area contributed by atoms with Crippen LogP contribution in [0.4, 0.5) is 0 Å². The maximum absolute atomic E-state index is 6.13. The zero-order valence-corrected chi connectivity index (χ0v) is 11.9. The van der Waals surface area contributed by atoms with Crippen LogP contribution in [0.1, 0.15) is 43.7 Å². The van der Waals surface area contributed by atoms with Gasteiger partial charge in [-0.3, -0.25) is 0 Å². The van der Waals surface area contributed by atoms with Gasteiger partial charge in [0.05, 0.1) is 11.1 Å². The molecule has 0 amide bonds. The van der Waals surface area contributed by atoms with Crippen LogP contribution in [-0.4, -0.2) is 10.5 Å². The van der Waals surface area contributed by atoms with Crippen molar-refractivity contribution in [2.45, 2.75) is 45.4 Å². The van der Waals surface area contributed by atoms with Crippen LogP contribution >= 0.6 is 11.6 Å². The molecule has 1 aromatic heterocycles. The first kappa shape index (κ1) is 16.0. The van der Waals surface area contributed by atoms with Gasteiger partial charge in [-0.2, -0.15) is 0 Å². The first-order valence-electron chi connectivity index (χ1n) is 5.99. The zero-order valence-electron chi connectivity index (χ0n) is 11.2. The first-order chi connectivity index (χ1) is 8.15. The van der Waals surface area contributed by atoms with E-state index in [0.29, 0.717) is 0 Å². The summed E-state index contributed by atoms with van der Waals surface area (Å²) in [5.74, 6) is 0.823. The second-order valence-electron chi connectivity index (χ2n) is 3.40. The van der Waals surface area contributed by atoms with Gasteiger partial charge < -0.3 is 4.52 Å². The van der Waals surface area contributed by atoms with Crippen molar-refractivity contribution in [3.63, 3.8) is 0 Å². The van der Waals surface area contributed by atoms with E-state index in [2.05, 4.69) is 25.2 Å². The van der Waals surface area contributed by atoms with E-state index in [1.54, 1.807) is 12.2 Å². The van der Waals surface area contributed by atoms with Crippen LogP contribution in [0.5, 0.6) is 0 Å². The summed E-state index contributed by atoms with van der Waals surface area (Å²) in [6, 6.07) is 0. The lowest BCUT2D eigenvalue weighted by Gasteiger charge is -2.13. The summed E-state index contributed by atoms with van der Waals surface area (Å²) in [7, 11) is 0. The van der Waals surface area contributed by atoms with Crippen molar-refractivity contribution < 1.29 is 4.52 Å². The molecule has 0 aromatic carbocycles. The van der Waals surface area contributed by atoms with Gasteiger partial charge >= 0.3 is 0 Å². The second kappa shape index (κ2) is 8.13. The fraction of sp³-hybridized carbons (Fsp3) is 0.500. The Balaban J connectivity index is 0.00000121. The monoisotopic (exact) mass is 255 g/mol. The normalized spacial score (nSPS) is 13.2. The van der Waals surface area contributed by atoms with E-state index in [-0.39, 0.29) is 11.3 Å². The van der Waals surface area contributed by atoms with Crippen LogP contribution in [0.3, 0.4) is 0 Å². The molecule has 3 heteroatoms. The summed E-state index contributed by atoms with van der Waals surface area (Å²) < 4.78 is 5.17. The Hall–Kier alpha value is -1.02. The van der Waals surface area contributed by atoms with Crippen LogP contribution in [0.15, 0.2) is 29.8 Å². The summed E-state index contributed by atoms with van der Waals surface area (Å²) in [5.41, 5.74) is 2.00. The number of alkyl halides is 1. The molecule has 2 nitrogen and oxygen atoms in total. The number of halogens is 1. The molecule has 17 heavy (non-hydrogen) atoms. The predicted molar refractivity (Wildman–Crippen MR) is 74.7 cm³/mol. The summed E-state index contributed by atoms with van der Waals surface area (Å²) in [6.45, 7) is 15.4. The van der Waals surface area contributed by atoms with E-state index in [1.165, 1.54) is 0 Å². The van der Waals surface area contributed by atoms with Crippen LogP contribution in [0.2, 0.25) is 0 Å². The fourth-order valence-electron chi connectivity index (χ4n) is 1.64. The molecule has 1 heterocycles. The van der Waals surface area contributed by atoms with Gasteiger partial charge in [-0.05, 0) is 13.3 Å². The lowest BCUT2D eigenvalue weighted by Crippen LogP contribution is -2.10. The predicted octanol–water partition coefficient (Wildman–Crippen LogP) is 4.63. The minimum atomic E-state index is -0.197. The van der Waals surface area contributed by atoms with Gasteiger partial charge in [0.1, 0.15) is 5.76 Å². The quantitative estimate of drug-likeness (QED) is 0.566. The number of aryl methyl sites for hydroxylation is 1. The van der Waals surface area contributed by atoms with Crippen LogP contribution in [-0.2, 0) is 6.42 Å². The molecule has 0 fully saturated rings. The second-order valence-corrected chi connectivity index (χ2v) is 3.90. The summed E-state index contributed by atoms with van der Waals surface area (Å²) in [6.07, 6.45) is 4.36. The third kappa shape index (κ3) is 3.74. The highest BCUT2D eigenvalue weighted by Crippen LogP contribution is 2.29. The van der Waals surface area contributed by atoms with Gasteiger partial charge in [-0.25, -0.2) is 0 Å². The molecule has 0 aliphatic carbocycles. The van der Waals surface area contributed by atoms with Crippen molar-refractivity contribution >= 4 is 11.6 Å². The molecule has 96 valence electrons. The van der Waals surface area contributed by atoms with Gasteiger partial charge in [-0.15, -0.1) is 24.8 Å². The molecular weight excluding hydrogens is 234 g/mol. The Bertz CT molecular complexity index is 357. The topological polar surface area (TPSA) is 26.0 Å². The average Bonchev–Trinajstić information content (AvgIpc) is 2.73. The van der Waals surface area contributed by atoms with Crippen molar-refractivity contribution in [3.05, 3.63) is 42.3 Å². The largest absolute Gasteiger partial charge is 0.361 e. The molecule has 0 spiro atoms. The molecular formula is C14H22ClNO. The number of nitrogens with zero attached hydrogens (tertiary/aromatic N) is 1. The highest BCUT2D eigenvalue weighted by Gasteiger charge is 2.23. The van der Waals surface area contributed by atoms with Gasteiger partial charge in [0.15, 0.2) is 0 Å². The standard InChI is InChI=1S/C12H16ClNO.C2H6/c1-5-9-8(4)15-14-12(9)10(6-2)11(13)7-3;1-2/h6-7,10-11H,2-3,5H2,1,4H3;1-2H3. The molecule has 1 aromatic rings. The summed E-state index contributed by atoms with van der Waals surface area (Å²) >= 11 is 6.13. The van der Waals surface area contributed by atoms with Crippen molar-refractivity contribution in [2.75, 3.05) is 0 Å². The van der Waals surface area contributed by atoms with Crippen LogP contribution < -0.4 is 0 Å². The van der Waals surface area contributed by atoms with E-state index in [0.717, 1.165) is 23.4 Å². The molecule has 2 atom stereocenters. The molecule has 1 rings (SSSR count). The third-order valence-corrected chi connectivity index (χ3v) is 2.96. The Morgan fingerprint density at radius 3 is 2.35 bits per heavy atom. The Kier molecular flexibility index (Phi) is 7.64. The SMILES string of the molecule is C=CC(Cl)C(C=C)c1noc(C)c1CC.CC. The highest BCUT2D eigenvalue weighted by atomic mass is 35.5. The minimum Gasteiger partial charge on any atom is -0.361 e. The number of allylic oxidation sites excluding steroid dienone is 2. The lowest BCUT2D eigenvalue weighted by atomic mass is 9.96. The van der Waals surface area contributed by atoms with Gasteiger partial charge in [0, 0.05) is 11.5 Å². The minimum absolute atomic E-state index is 0.0310. The molecule has 0 aliphatic heterocycles. The Morgan fingerprint density at radius 1 is 1.35 bits per heavy atom. The highest BCUT2D eigenvalue weighted by molar-refractivity contribution is 6.22. The van der Waals surface area contributed by atoms with Crippen LogP contribution in [0.25, 0.3) is 0 Å². The lowest BCUT2D eigenvalue weighted by molar-refractivity contribution is 0.388.